The fourth-order valence-corrected chi connectivity index (χ4v) is 4.12. The van der Waals surface area contributed by atoms with Crippen LogP contribution in [-0.2, 0) is 12.8 Å². The van der Waals surface area contributed by atoms with Crippen molar-refractivity contribution in [3.8, 4) is 23.4 Å². The Hall–Kier alpha value is -3.87. The van der Waals surface area contributed by atoms with Crippen LogP contribution in [0.5, 0.6) is 23.4 Å². The molecule has 1 N–H and O–H groups in total. The average Bonchev–Trinajstić information content (AvgIpc) is 3.46. The van der Waals surface area contributed by atoms with Crippen molar-refractivity contribution >= 4 is 28.8 Å². The molecule has 0 fully saturated rings. The number of nitrogens with one attached hydrogen (secondary N) is 1. The Morgan fingerprint density at radius 1 is 1.18 bits per heavy atom. The highest BCUT2D eigenvalue weighted by Gasteiger charge is 2.44. The molecule has 1 aromatic carbocycles. The summed E-state index contributed by atoms with van der Waals surface area (Å²) in [4.78, 5) is 29.9. The van der Waals surface area contributed by atoms with Gasteiger partial charge in [-0.25, -0.2) is 9.98 Å². The summed E-state index contributed by atoms with van der Waals surface area (Å²) in [6.07, 6.45) is -1.61. The van der Waals surface area contributed by atoms with Gasteiger partial charge in [0.2, 0.25) is 5.88 Å². The summed E-state index contributed by atoms with van der Waals surface area (Å²) in [6.45, 7) is 0. The van der Waals surface area contributed by atoms with Gasteiger partial charge in [0, 0.05) is 25.0 Å². The van der Waals surface area contributed by atoms with E-state index in [1.54, 1.807) is 6.07 Å². The van der Waals surface area contributed by atoms with E-state index in [4.69, 9.17) is 9.47 Å². The maximum atomic E-state index is 13.2. The van der Waals surface area contributed by atoms with Crippen molar-refractivity contribution in [1.29, 1.82) is 0 Å². The molecule has 0 atom stereocenters. The molecule has 2 aliphatic rings. The Kier molecular flexibility index (Phi) is 5.04. The molecule has 170 valence electrons. The van der Waals surface area contributed by atoms with E-state index >= 15 is 0 Å². The van der Waals surface area contributed by atoms with Crippen LogP contribution in [0.4, 0.5) is 14.5 Å². The molecule has 1 amide bonds. The monoisotopic (exact) mass is 475 g/mol. The minimum atomic E-state index is -3.69. The molecule has 0 unspecified atom stereocenters. The fraction of sp³-hybridized carbons (Fsp3) is 0.250. The molecule has 33 heavy (non-hydrogen) atoms. The van der Waals surface area contributed by atoms with Crippen molar-refractivity contribution in [2.24, 2.45) is 4.99 Å². The normalized spacial score (nSPS) is 15.1. The number of carbonyl (C=O) groups excluding carboxylic acids is 1. The molecule has 3 aromatic rings. The molecule has 0 spiro atoms. The highest BCUT2D eigenvalue weighted by molar-refractivity contribution is 7.13. The number of rotatable bonds is 5. The van der Waals surface area contributed by atoms with E-state index in [2.05, 4.69) is 34.7 Å². The summed E-state index contributed by atoms with van der Waals surface area (Å²) in [5, 5.41) is 3.39. The average molecular weight is 475 g/mol. The van der Waals surface area contributed by atoms with Crippen molar-refractivity contribution in [2.75, 3.05) is 14.2 Å². The van der Waals surface area contributed by atoms with E-state index in [0.29, 0.717) is 45.0 Å². The Morgan fingerprint density at radius 3 is 2.73 bits per heavy atom. The van der Waals surface area contributed by atoms with E-state index in [1.165, 1.54) is 43.9 Å². The topological polar surface area (TPSA) is 117 Å². The first-order valence-corrected chi connectivity index (χ1v) is 10.4. The minimum Gasteiger partial charge on any atom is -0.481 e. The van der Waals surface area contributed by atoms with Crippen molar-refractivity contribution < 1.29 is 32.5 Å². The summed E-state index contributed by atoms with van der Waals surface area (Å²) < 4.78 is 45.5. The number of hydrogen-bond acceptors (Lipinski definition) is 10. The fourth-order valence-electron chi connectivity index (χ4n) is 3.29. The third-order valence-corrected chi connectivity index (χ3v) is 5.71. The first kappa shape index (κ1) is 21.0. The SMILES string of the molecule is COc1cc(Cc2ncc(C(=O)NC3=Nc4cc5c(cc4C3)OC(F)(F)O5)s2)nc(OC)n1. The molecule has 5 rings (SSSR count). The molecule has 0 radical (unpaired) electrons. The third-order valence-electron chi connectivity index (χ3n) is 4.71. The number of ether oxygens (including phenoxy) is 4. The number of alkyl halides is 2. The van der Waals surface area contributed by atoms with Crippen LogP contribution in [0.2, 0.25) is 0 Å². The van der Waals surface area contributed by atoms with Gasteiger partial charge >= 0.3 is 12.3 Å². The zero-order valence-corrected chi connectivity index (χ0v) is 18.0. The van der Waals surface area contributed by atoms with Crippen LogP contribution < -0.4 is 24.3 Å². The van der Waals surface area contributed by atoms with Gasteiger partial charge in [-0.1, -0.05) is 0 Å². The molecular formula is C20H15F2N5O5S. The first-order chi connectivity index (χ1) is 15.8. The van der Waals surface area contributed by atoms with Crippen LogP contribution in [0.15, 0.2) is 29.4 Å². The number of benzene rings is 1. The molecule has 2 aliphatic heterocycles. The highest BCUT2D eigenvalue weighted by Crippen LogP contribution is 2.45. The lowest BCUT2D eigenvalue weighted by Gasteiger charge is -2.05. The number of aromatic nitrogens is 3. The second-order valence-electron chi connectivity index (χ2n) is 6.97. The van der Waals surface area contributed by atoms with E-state index in [-0.39, 0.29) is 29.8 Å². The van der Waals surface area contributed by atoms with Gasteiger partial charge in [0.05, 0.1) is 36.8 Å². The number of halogens is 2. The van der Waals surface area contributed by atoms with Gasteiger partial charge in [-0.15, -0.1) is 20.1 Å². The van der Waals surface area contributed by atoms with Crippen LogP contribution in [0.1, 0.15) is 25.9 Å². The molecule has 4 heterocycles. The van der Waals surface area contributed by atoms with E-state index in [1.807, 2.05) is 0 Å². The zero-order valence-electron chi connectivity index (χ0n) is 17.2. The standard InChI is InChI=1S/C20H15F2N5O5S/c1-29-16-5-10(24-19(27-16)30-2)6-17-23-8-14(33-17)18(28)26-15-4-9-3-12-13(7-11(9)25-15)32-20(21,22)31-12/h3,5,7-8H,4,6H2,1-2H3,(H,25,26,28). The van der Waals surface area contributed by atoms with Crippen LogP contribution in [0.3, 0.4) is 0 Å². The molecule has 0 bridgehead atoms. The Balaban J connectivity index is 1.26. The molecular weight excluding hydrogens is 460 g/mol. The molecule has 10 nitrogen and oxygen atoms in total. The van der Waals surface area contributed by atoms with Crippen LogP contribution in [0.25, 0.3) is 0 Å². The van der Waals surface area contributed by atoms with Gasteiger partial charge in [0.15, 0.2) is 11.5 Å². The Bertz CT molecular complexity index is 1270. The summed E-state index contributed by atoms with van der Waals surface area (Å²) in [5.74, 6) is 0.197. The minimum absolute atomic E-state index is 0.0633. The maximum Gasteiger partial charge on any atom is 0.586 e. The van der Waals surface area contributed by atoms with Gasteiger partial charge in [-0.3, -0.25) is 4.79 Å². The van der Waals surface area contributed by atoms with Gasteiger partial charge in [-0.2, -0.15) is 9.97 Å². The number of nitrogens with zero attached hydrogens (tertiary/aromatic N) is 4. The van der Waals surface area contributed by atoms with Gasteiger partial charge in [-0.05, 0) is 11.6 Å². The number of amidine groups is 1. The predicted octanol–water partition coefficient (Wildman–Crippen LogP) is 2.88. The molecule has 0 saturated carbocycles. The molecule has 13 heteroatoms. The second-order valence-corrected chi connectivity index (χ2v) is 8.08. The summed E-state index contributed by atoms with van der Waals surface area (Å²) in [7, 11) is 2.95. The van der Waals surface area contributed by atoms with Crippen LogP contribution in [0, 0.1) is 0 Å². The second kappa shape index (κ2) is 7.92. The van der Waals surface area contributed by atoms with Crippen molar-refractivity contribution in [1.82, 2.24) is 20.3 Å². The Morgan fingerprint density at radius 2 is 1.97 bits per heavy atom. The van der Waals surface area contributed by atoms with Crippen molar-refractivity contribution in [2.45, 2.75) is 19.1 Å². The van der Waals surface area contributed by atoms with Crippen LogP contribution in [-0.4, -0.2) is 47.2 Å². The van der Waals surface area contributed by atoms with Gasteiger partial charge < -0.3 is 24.3 Å². The lowest BCUT2D eigenvalue weighted by atomic mass is 10.1. The maximum absolute atomic E-state index is 13.2. The largest absolute Gasteiger partial charge is 0.586 e. The van der Waals surface area contributed by atoms with Gasteiger partial charge in [0.25, 0.3) is 5.91 Å². The smallest absolute Gasteiger partial charge is 0.481 e. The quantitative estimate of drug-likeness (QED) is 0.599. The number of thiazole rings is 1. The predicted molar refractivity (Wildman–Crippen MR) is 111 cm³/mol. The number of hydrogen-bond donors (Lipinski definition) is 1. The summed E-state index contributed by atoms with van der Waals surface area (Å²) in [5.41, 5.74) is 1.70. The number of fused-ring (bicyclic) bond motifs is 2. The number of carbonyl (C=O) groups is 1. The zero-order chi connectivity index (χ0) is 23.2. The first-order valence-electron chi connectivity index (χ1n) is 9.54. The summed E-state index contributed by atoms with van der Waals surface area (Å²) in [6, 6.07) is 4.63. The van der Waals surface area contributed by atoms with Crippen LogP contribution >= 0.6 is 11.3 Å². The van der Waals surface area contributed by atoms with E-state index in [0.717, 1.165) is 0 Å². The van der Waals surface area contributed by atoms with Gasteiger partial charge in [0.1, 0.15) is 10.7 Å². The number of aliphatic imine (C=N–C) groups is 1. The highest BCUT2D eigenvalue weighted by atomic mass is 32.1. The molecule has 0 aliphatic carbocycles. The van der Waals surface area contributed by atoms with E-state index in [9.17, 15) is 13.6 Å². The summed E-state index contributed by atoms with van der Waals surface area (Å²) >= 11 is 1.20. The number of amides is 1. The lowest BCUT2D eigenvalue weighted by Crippen LogP contribution is -2.29. The van der Waals surface area contributed by atoms with Crippen molar-refractivity contribution in [3.05, 3.63) is 45.5 Å². The van der Waals surface area contributed by atoms with E-state index < -0.39 is 6.29 Å². The molecule has 0 saturated heterocycles. The number of methoxy groups -OCH3 is 2. The third kappa shape index (κ3) is 4.26. The Labute approximate surface area is 189 Å². The molecule has 2 aromatic heterocycles. The lowest BCUT2D eigenvalue weighted by molar-refractivity contribution is -0.286. The van der Waals surface area contributed by atoms with Crippen molar-refractivity contribution in [3.63, 3.8) is 0 Å².